The average molecular weight is 607 g/mol. The van der Waals surface area contributed by atoms with Crippen molar-refractivity contribution in [3.63, 3.8) is 0 Å². The van der Waals surface area contributed by atoms with Crippen LogP contribution in [0.2, 0.25) is 5.02 Å². The van der Waals surface area contributed by atoms with Gasteiger partial charge in [-0.3, -0.25) is 4.79 Å². The predicted molar refractivity (Wildman–Crippen MR) is 140 cm³/mol. The van der Waals surface area contributed by atoms with Gasteiger partial charge in [-0.1, -0.05) is 55.6 Å². The first-order valence-corrected chi connectivity index (χ1v) is 12.3. The highest BCUT2D eigenvalue weighted by molar-refractivity contribution is 9.10. The molecule has 9 heteroatoms. The molecule has 1 heterocycles. The number of hydrazone groups is 1. The Morgan fingerprint density at radius 3 is 2.59 bits per heavy atom. The van der Waals surface area contributed by atoms with E-state index in [4.69, 9.17) is 25.5 Å². The number of rotatable bonds is 8. The smallest absolute Gasteiger partial charge is 0.307 e. The van der Waals surface area contributed by atoms with Crippen LogP contribution in [0.5, 0.6) is 11.5 Å². The second-order valence-corrected chi connectivity index (χ2v) is 9.41. The minimum absolute atomic E-state index is 0.162. The first-order chi connectivity index (χ1) is 16.4. The molecular formula is C25H19Br2ClN2O4. The molecular weight excluding hydrogens is 588 g/mol. The number of nitrogens with zero attached hydrogens (tertiary/aromatic N) is 1. The maximum atomic E-state index is 12.4. The highest BCUT2D eigenvalue weighted by Crippen LogP contribution is 2.37. The van der Waals surface area contributed by atoms with Crippen LogP contribution < -0.4 is 14.9 Å². The third-order valence-corrected chi connectivity index (χ3v) is 6.01. The van der Waals surface area contributed by atoms with Crippen LogP contribution >= 0.6 is 43.5 Å². The molecule has 4 aromatic rings. The second-order valence-electron chi connectivity index (χ2n) is 7.17. The molecule has 34 heavy (non-hydrogen) atoms. The van der Waals surface area contributed by atoms with Gasteiger partial charge in [-0.25, -0.2) is 5.43 Å². The summed E-state index contributed by atoms with van der Waals surface area (Å²) in [5, 5.41) is 5.22. The maximum Gasteiger partial charge on any atom is 0.307 e. The van der Waals surface area contributed by atoms with Crippen molar-refractivity contribution in [1.29, 1.82) is 0 Å². The molecule has 1 aromatic heterocycles. The van der Waals surface area contributed by atoms with Crippen molar-refractivity contribution in [2.24, 2.45) is 5.10 Å². The van der Waals surface area contributed by atoms with E-state index in [1.807, 2.05) is 43.3 Å². The van der Waals surface area contributed by atoms with E-state index in [1.165, 1.54) is 6.21 Å². The van der Waals surface area contributed by atoms with Crippen LogP contribution in [0.15, 0.2) is 79.1 Å². The maximum absolute atomic E-state index is 12.4. The Bertz CT molecular complexity index is 1350. The highest BCUT2D eigenvalue weighted by atomic mass is 79.9. The summed E-state index contributed by atoms with van der Waals surface area (Å²) in [5.41, 5.74) is 4.71. The molecule has 1 N–H and O–H groups in total. The van der Waals surface area contributed by atoms with Crippen molar-refractivity contribution < 1.29 is 18.7 Å². The monoisotopic (exact) mass is 604 g/mol. The molecule has 0 aliphatic heterocycles. The Morgan fingerprint density at radius 2 is 1.82 bits per heavy atom. The number of carbonyl (C=O) groups excluding carboxylic acids is 1. The summed E-state index contributed by atoms with van der Waals surface area (Å²) in [6.45, 7) is 2.65. The zero-order valence-corrected chi connectivity index (χ0v) is 21.9. The number of nitrogens with one attached hydrogen (secondary N) is 1. The van der Waals surface area contributed by atoms with E-state index in [-0.39, 0.29) is 5.76 Å². The zero-order chi connectivity index (χ0) is 24.1. The average Bonchev–Trinajstić information content (AvgIpc) is 3.23. The SMILES string of the molecule is CCOc1cc(/C=N/NC(=O)c2cc3cc(Br)ccc3o2)cc(Cl)c1OCc1ccc(Br)cc1. The molecule has 6 nitrogen and oxygen atoms in total. The largest absolute Gasteiger partial charge is 0.490 e. The normalized spacial score (nSPS) is 11.2. The van der Waals surface area contributed by atoms with Crippen molar-refractivity contribution in [2.75, 3.05) is 6.61 Å². The number of hydrogen-bond donors (Lipinski definition) is 1. The third kappa shape index (κ3) is 6.00. The van der Waals surface area contributed by atoms with Crippen LogP contribution in [0.3, 0.4) is 0 Å². The second kappa shape index (κ2) is 11.1. The molecule has 0 spiro atoms. The van der Waals surface area contributed by atoms with E-state index >= 15 is 0 Å². The summed E-state index contributed by atoms with van der Waals surface area (Å²) in [5.74, 6) is 0.632. The van der Waals surface area contributed by atoms with Gasteiger partial charge in [0, 0.05) is 14.3 Å². The number of hydrogen-bond acceptors (Lipinski definition) is 5. The molecule has 0 atom stereocenters. The first kappa shape index (κ1) is 24.3. The standard InChI is InChI=1S/C25H19Br2ClN2O4/c1-2-32-22-10-16(9-20(28)24(22)33-14-15-3-5-18(26)6-4-15)13-29-30-25(31)23-12-17-11-19(27)7-8-21(17)34-23/h3-13H,2,14H2,1H3,(H,30,31)/b29-13+. The van der Waals surface area contributed by atoms with Crippen LogP contribution in [0, 0.1) is 0 Å². The van der Waals surface area contributed by atoms with Gasteiger partial charge in [0.05, 0.1) is 17.8 Å². The fourth-order valence-corrected chi connectivity index (χ4v) is 4.07. The van der Waals surface area contributed by atoms with E-state index in [0.29, 0.717) is 40.9 Å². The van der Waals surface area contributed by atoms with Crippen molar-refractivity contribution >= 4 is 66.6 Å². The van der Waals surface area contributed by atoms with Crippen molar-refractivity contribution in [3.8, 4) is 11.5 Å². The van der Waals surface area contributed by atoms with E-state index in [0.717, 1.165) is 19.9 Å². The topological polar surface area (TPSA) is 73.1 Å². The molecule has 0 saturated carbocycles. The van der Waals surface area contributed by atoms with E-state index in [9.17, 15) is 4.79 Å². The molecule has 0 fully saturated rings. The van der Waals surface area contributed by atoms with Gasteiger partial charge in [0.25, 0.3) is 0 Å². The fraction of sp³-hybridized carbons (Fsp3) is 0.120. The van der Waals surface area contributed by atoms with Crippen LogP contribution in [0.4, 0.5) is 0 Å². The number of carbonyl (C=O) groups is 1. The Hall–Kier alpha value is -2.81. The van der Waals surface area contributed by atoms with Gasteiger partial charge >= 0.3 is 5.91 Å². The van der Waals surface area contributed by atoms with Gasteiger partial charge in [0.1, 0.15) is 12.2 Å². The summed E-state index contributed by atoms with van der Waals surface area (Å²) in [4.78, 5) is 12.4. The lowest BCUT2D eigenvalue weighted by molar-refractivity contribution is 0.0929. The van der Waals surface area contributed by atoms with E-state index in [1.54, 1.807) is 24.3 Å². The van der Waals surface area contributed by atoms with E-state index < -0.39 is 5.91 Å². The highest BCUT2D eigenvalue weighted by Gasteiger charge is 2.14. The number of fused-ring (bicyclic) bond motifs is 1. The number of amides is 1. The molecule has 0 aliphatic carbocycles. The summed E-state index contributed by atoms with van der Waals surface area (Å²) < 4.78 is 19.1. The lowest BCUT2D eigenvalue weighted by Gasteiger charge is -2.14. The Morgan fingerprint density at radius 1 is 1.06 bits per heavy atom. The molecule has 174 valence electrons. The molecule has 4 rings (SSSR count). The van der Waals surface area contributed by atoms with Gasteiger partial charge < -0.3 is 13.9 Å². The van der Waals surface area contributed by atoms with Crippen LogP contribution in [-0.4, -0.2) is 18.7 Å². The number of benzene rings is 3. The Balaban J connectivity index is 1.46. The zero-order valence-electron chi connectivity index (χ0n) is 18.0. The van der Waals surface area contributed by atoms with E-state index in [2.05, 4.69) is 42.4 Å². The van der Waals surface area contributed by atoms with Gasteiger partial charge in [-0.15, -0.1) is 0 Å². The molecule has 0 radical (unpaired) electrons. The summed E-state index contributed by atoms with van der Waals surface area (Å²) >= 11 is 13.3. The minimum Gasteiger partial charge on any atom is -0.490 e. The Kier molecular flexibility index (Phi) is 7.92. The lowest BCUT2D eigenvalue weighted by Crippen LogP contribution is -2.16. The predicted octanol–water partition coefficient (Wildman–Crippen LogP) is 7.35. The quantitative estimate of drug-likeness (QED) is 0.168. The minimum atomic E-state index is -0.464. The third-order valence-electron chi connectivity index (χ3n) is 4.71. The van der Waals surface area contributed by atoms with Crippen molar-refractivity contribution in [2.45, 2.75) is 13.5 Å². The summed E-state index contributed by atoms with van der Waals surface area (Å²) in [7, 11) is 0. The Labute approximate surface area is 218 Å². The number of halogens is 3. The van der Waals surface area contributed by atoms with Crippen LogP contribution in [0.25, 0.3) is 11.0 Å². The van der Waals surface area contributed by atoms with Crippen molar-refractivity contribution in [3.05, 3.63) is 91.5 Å². The van der Waals surface area contributed by atoms with Gasteiger partial charge in [0.2, 0.25) is 0 Å². The molecule has 0 aliphatic rings. The molecule has 0 saturated heterocycles. The molecule has 3 aromatic carbocycles. The van der Waals surface area contributed by atoms with Gasteiger partial charge in [-0.05, 0) is 66.6 Å². The fourth-order valence-electron chi connectivity index (χ4n) is 3.15. The van der Waals surface area contributed by atoms with Crippen LogP contribution in [-0.2, 0) is 6.61 Å². The summed E-state index contributed by atoms with van der Waals surface area (Å²) in [6, 6.07) is 18.4. The lowest BCUT2D eigenvalue weighted by atomic mass is 10.2. The molecule has 1 amide bonds. The van der Waals surface area contributed by atoms with Gasteiger partial charge in [0.15, 0.2) is 17.3 Å². The van der Waals surface area contributed by atoms with Crippen LogP contribution in [0.1, 0.15) is 28.6 Å². The van der Waals surface area contributed by atoms with Gasteiger partial charge in [-0.2, -0.15) is 5.10 Å². The summed E-state index contributed by atoms with van der Waals surface area (Å²) in [6.07, 6.45) is 1.48. The number of ether oxygens (including phenoxy) is 2. The first-order valence-electron chi connectivity index (χ1n) is 10.3. The van der Waals surface area contributed by atoms with Crippen molar-refractivity contribution in [1.82, 2.24) is 5.43 Å². The molecule has 0 bridgehead atoms. The number of furan rings is 1. The molecule has 0 unspecified atom stereocenters.